The highest BCUT2D eigenvalue weighted by Gasteiger charge is 2.21. The molecule has 0 aliphatic heterocycles. The highest BCUT2D eigenvalue weighted by atomic mass is 32.2. The molecule has 1 heterocycles. The summed E-state index contributed by atoms with van der Waals surface area (Å²) in [6.07, 6.45) is 2.67. The molecule has 1 N–H and O–H groups in total. The lowest BCUT2D eigenvalue weighted by atomic mass is 10.0. The van der Waals surface area contributed by atoms with E-state index in [2.05, 4.69) is 61.0 Å². The lowest BCUT2D eigenvalue weighted by Gasteiger charge is -2.21. The fourth-order valence-corrected chi connectivity index (χ4v) is 4.80. The van der Waals surface area contributed by atoms with Gasteiger partial charge in [0.1, 0.15) is 6.54 Å². The molecule has 0 radical (unpaired) electrons. The zero-order valence-electron chi connectivity index (χ0n) is 21.5. The van der Waals surface area contributed by atoms with Crippen molar-refractivity contribution >= 4 is 27.8 Å². The van der Waals surface area contributed by atoms with Gasteiger partial charge in [0, 0.05) is 22.6 Å². The Labute approximate surface area is 208 Å². The van der Waals surface area contributed by atoms with Gasteiger partial charge in [0.25, 0.3) is 5.91 Å². The van der Waals surface area contributed by atoms with E-state index in [0.29, 0.717) is 11.6 Å². The first-order chi connectivity index (χ1) is 16.4. The lowest BCUT2D eigenvalue weighted by Crippen LogP contribution is -2.39. The molecule has 7 nitrogen and oxygen atoms in total. The van der Waals surface area contributed by atoms with E-state index in [1.54, 1.807) is 18.3 Å². The second-order valence-corrected chi connectivity index (χ2v) is 11.1. The first-order valence-corrected chi connectivity index (χ1v) is 13.4. The van der Waals surface area contributed by atoms with Gasteiger partial charge in [0.15, 0.2) is 0 Å². The van der Waals surface area contributed by atoms with E-state index < -0.39 is 15.9 Å². The van der Waals surface area contributed by atoms with Crippen LogP contribution < -0.4 is 9.73 Å². The number of nitrogens with zero attached hydrogens (tertiary/aromatic N) is 3. The third kappa shape index (κ3) is 6.19. The Balaban J connectivity index is 1.74. The first-order valence-electron chi connectivity index (χ1n) is 11.5. The van der Waals surface area contributed by atoms with E-state index in [9.17, 15) is 13.2 Å². The SMILES string of the molecule is Cc1ccc(-n2c(C)cc(/C=N\NC(=O)CN(c3ccc(C(C)C)cc3)S(C)(=O)=O)c2C)cc1C. The van der Waals surface area contributed by atoms with E-state index in [-0.39, 0.29) is 6.54 Å². The van der Waals surface area contributed by atoms with Gasteiger partial charge in [-0.1, -0.05) is 32.0 Å². The standard InChI is InChI=1S/C27H34N4O3S/c1-18(2)23-9-12-25(13-10-23)30(35(7,33)34)17-27(32)29-28-16-24-15-21(5)31(22(24)6)26-11-8-19(3)20(4)14-26/h8-16,18H,17H2,1-7H3,(H,29,32)/b28-16-. The van der Waals surface area contributed by atoms with E-state index in [0.717, 1.165) is 38.8 Å². The van der Waals surface area contributed by atoms with Crippen LogP contribution in [0.15, 0.2) is 53.6 Å². The Bertz CT molecular complexity index is 1350. The fraction of sp³-hybridized carbons (Fsp3) is 0.333. The van der Waals surface area contributed by atoms with Gasteiger partial charge in [-0.2, -0.15) is 5.10 Å². The molecule has 3 rings (SSSR count). The molecular weight excluding hydrogens is 460 g/mol. The zero-order chi connectivity index (χ0) is 25.9. The molecule has 0 atom stereocenters. The van der Waals surface area contributed by atoms with Crippen molar-refractivity contribution in [3.05, 3.63) is 82.2 Å². The van der Waals surface area contributed by atoms with Crippen molar-refractivity contribution in [2.45, 2.75) is 47.5 Å². The fourth-order valence-electron chi connectivity index (χ4n) is 3.95. The van der Waals surface area contributed by atoms with Gasteiger partial charge >= 0.3 is 0 Å². The summed E-state index contributed by atoms with van der Waals surface area (Å²) >= 11 is 0. The normalized spacial score (nSPS) is 11.9. The van der Waals surface area contributed by atoms with Crippen molar-refractivity contribution in [3.8, 4) is 5.69 Å². The summed E-state index contributed by atoms with van der Waals surface area (Å²) < 4.78 is 27.9. The van der Waals surface area contributed by atoms with Crippen molar-refractivity contribution in [2.24, 2.45) is 5.10 Å². The Morgan fingerprint density at radius 1 is 1.03 bits per heavy atom. The minimum absolute atomic E-state index is 0.324. The number of carbonyl (C=O) groups is 1. The summed E-state index contributed by atoms with van der Waals surface area (Å²) in [7, 11) is -3.65. The third-order valence-corrected chi connectivity index (χ3v) is 7.29. The van der Waals surface area contributed by atoms with Crippen LogP contribution >= 0.6 is 0 Å². The predicted octanol–water partition coefficient (Wildman–Crippen LogP) is 4.75. The van der Waals surface area contributed by atoms with Crippen LogP contribution in [0.3, 0.4) is 0 Å². The number of hydrogen-bond donors (Lipinski definition) is 1. The number of amides is 1. The number of nitrogens with one attached hydrogen (secondary N) is 1. The number of anilines is 1. The molecule has 186 valence electrons. The average molecular weight is 495 g/mol. The van der Waals surface area contributed by atoms with E-state index in [1.807, 2.05) is 32.0 Å². The molecule has 0 aliphatic rings. The summed E-state index contributed by atoms with van der Waals surface area (Å²) in [5.41, 5.74) is 10.4. The number of sulfonamides is 1. The summed E-state index contributed by atoms with van der Waals surface area (Å²) in [4.78, 5) is 12.6. The molecule has 0 aliphatic carbocycles. The van der Waals surface area contributed by atoms with Gasteiger partial charge in [-0.05, 0) is 80.6 Å². The van der Waals surface area contributed by atoms with Crippen molar-refractivity contribution in [3.63, 3.8) is 0 Å². The molecule has 0 unspecified atom stereocenters. The van der Waals surface area contributed by atoms with E-state index in [4.69, 9.17) is 0 Å². The lowest BCUT2D eigenvalue weighted by molar-refractivity contribution is -0.119. The molecule has 1 amide bonds. The zero-order valence-corrected chi connectivity index (χ0v) is 22.3. The van der Waals surface area contributed by atoms with Crippen molar-refractivity contribution in [1.29, 1.82) is 0 Å². The van der Waals surface area contributed by atoms with Gasteiger partial charge in [-0.25, -0.2) is 13.8 Å². The Kier molecular flexibility index (Phi) is 7.85. The molecular formula is C27H34N4O3S. The minimum Gasteiger partial charge on any atom is -0.318 e. The maximum absolute atomic E-state index is 12.6. The molecule has 0 saturated carbocycles. The molecule has 0 saturated heterocycles. The molecule has 35 heavy (non-hydrogen) atoms. The van der Waals surface area contributed by atoms with Gasteiger partial charge in [0.2, 0.25) is 10.0 Å². The number of rotatable bonds is 8. The van der Waals surface area contributed by atoms with Crippen LogP contribution in [-0.2, 0) is 14.8 Å². The largest absolute Gasteiger partial charge is 0.318 e. The Morgan fingerprint density at radius 3 is 2.26 bits per heavy atom. The van der Waals surface area contributed by atoms with Crippen LogP contribution in [0.2, 0.25) is 0 Å². The van der Waals surface area contributed by atoms with Crippen molar-refractivity contribution in [1.82, 2.24) is 9.99 Å². The van der Waals surface area contributed by atoms with E-state index >= 15 is 0 Å². The van der Waals surface area contributed by atoms with Gasteiger partial charge in [-0.15, -0.1) is 0 Å². The molecule has 3 aromatic rings. The Hall–Kier alpha value is -3.39. The predicted molar refractivity (Wildman–Crippen MR) is 143 cm³/mol. The first kappa shape index (κ1) is 26.2. The molecule has 0 bridgehead atoms. The smallest absolute Gasteiger partial charge is 0.260 e. The number of hydrogen-bond acceptors (Lipinski definition) is 4. The van der Waals surface area contributed by atoms with Crippen LogP contribution in [0.4, 0.5) is 5.69 Å². The number of benzene rings is 2. The van der Waals surface area contributed by atoms with Crippen molar-refractivity contribution in [2.75, 3.05) is 17.1 Å². The molecule has 1 aromatic heterocycles. The topological polar surface area (TPSA) is 83.8 Å². The van der Waals surface area contributed by atoms with Gasteiger partial charge < -0.3 is 4.57 Å². The molecule has 2 aromatic carbocycles. The van der Waals surface area contributed by atoms with Crippen LogP contribution in [-0.4, -0.2) is 37.9 Å². The maximum Gasteiger partial charge on any atom is 0.260 e. The van der Waals surface area contributed by atoms with Crippen molar-refractivity contribution < 1.29 is 13.2 Å². The van der Waals surface area contributed by atoms with Gasteiger partial charge in [0.05, 0.1) is 18.2 Å². The number of aromatic nitrogens is 1. The average Bonchev–Trinajstić information content (AvgIpc) is 3.06. The highest BCUT2D eigenvalue weighted by Crippen LogP contribution is 2.23. The molecule has 0 fully saturated rings. The van der Waals surface area contributed by atoms with Crippen LogP contribution in [0.25, 0.3) is 5.69 Å². The van der Waals surface area contributed by atoms with Crippen LogP contribution in [0, 0.1) is 27.7 Å². The van der Waals surface area contributed by atoms with Crippen LogP contribution in [0.1, 0.15) is 53.4 Å². The third-order valence-electron chi connectivity index (χ3n) is 6.15. The molecule has 8 heteroatoms. The second-order valence-electron chi connectivity index (χ2n) is 9.24. The maximum atomic E-state index is 12.6. The van der Waals surface area contributed by atoms with Crippen LogP contribution in [0.5, 0.6) is 0 Å². The Morgan fingerprint density at radius 2 is 1.69 bits per heavy atom. The minimum atomic E-state index is -3.65. The van der Waals surface area contributed by atoms with Gasteiger partial charge in [-0.3, -0.25) is 9.10 Å². The summed E-state index contributed by atoms with van der Waals surface area (Å²) in [6, 6.07) is 15.5. The monoisotopic (exact) mass is 494 g/mol. The van der Waals surface area contributed by atoms with E-state index in [1.165, 1.54) is 11.1 Å². The number of carbonyl (C=O) groups excluding carboxylic acids is 1. The molecule has 0 spiro atoms. The number of aryl methyl sites for hydroxylation is 3. The summed E-state index contributed by atoms with van der Waals surface area (Å²) in [5.74, 6) is -0.201. The summed E-state index contributed by atoms with van der Waals surface area (Å²) in [6.45, 7) is 12.0. The summed E-state index contributed by atoms with van der Waals surface area (Å²) in [5, 5.41) is 4.09. The second kappa shape index (κ2) is 10.5. The highest BCUT2D eigenvalue weighted by molar-refractivity contribution is 7.92. The number of hydrazone groups is 1. The quantitative estimate of drug-likeness (QED) is 0.362.